The largest absolute Gasteiger partial charge is 0.383 e. The maximum Gasteiger partial charge on any atom is 0.126 e. The van der Waals surface area contributed by atoms with Crippen LogP contribution in [0.4, 0.5) is 5.82 Å². The Hall–Kier alpha value is -0.610. The number of anilines is 1. The van der Waals surface area contributed by atoms with Crippen molar-refractivity contribution in [3.05, 3.63) is 22.3 Å². The van der Waals surface area contributed by atoms with Crippen LogP contribution in [0.5, 0.6) is 0 Å². The smallest absolute Gasteiger partial charge is 0.126 e. The molecule has 0 atom stereocenters. The molecule has 4 heteroatoms. The molecule has 0 fully saturated rings. The number of rotatable bonds is 3. The van der Waals surface area contributed by atoms with Gasteiger partial charge in [0.25, 0.3) is 0 Å². The van der Waals surface area contributed by atoms with E-state index in [4.69, 9.17) is 5.73 Å². The van der Waals surface area contributed by atoms with Crippen molar-refractivity contribution in [2.45, 2.75) is 6.42 Å². The zero-order valence-corrected chi connectivity index (χ0v) is 8.56. The summed E-state index contributed by atoms with van der Waals surface area (Å²) in [7, 11) is 1.92. The molecule has 0 bridgehead atoms. The number of nitrogen functional groups attached to an aromatic ring is 1. The number of hydrogen-bond acceptors (Lipinski definition) is 3. The zero-order valence-electron chi connectivity index (χ0n) is 6.97. The number of nitrogens with one attached hydrogen (secondary N) is 1. The summed E-state index contributed by atoms with van der Waals surface area (Å²) >= 11 is 3.35. The van der Waals surface area contributed by atoms with Crippen molar-refractivity contribution >= 4 is 21.7 Å². The first-order valence-electron chi connectivity index (χ1n) is 3.78. The van der Waals surface area contributed by atoms with Crippen LogP contribution in [0.3, 0.4) is 0 Å². The van der Waals surface area contributed by atoms with Crippen LogP contribution in [0.1, 0.15) is 5.56 Å². The van der Waals surface area contributed by atoms with Gasteiger partial charge >= 0.3 is 0 Å². The molecule has 0 amide bonds. The molecule has 3 nitrogen and oxygen atoms in total. The lowest BCUT2D eigenvalue weighted by atomic mass is 10.2. The molecule has 1 heterocycles. The van der Waals surface area contributed by atoms with Crippen molar-refractivity contribution in [3.63, 3.8) is 0 Å². The Balaban J connectivity index is 2.75. The average molecular weight is 230 g/mol. The van der Waals surface area contributed by atoms with Gasteiger partial charge in [-0.1, -0.05) is 0 Å². The second kappa shape index (κ2) is 4.42. The summed E-state index contributed by atoms with van der Waals surface area (Å²) in [6, 6.07) is 2.00. The molecule has 0 aliphatic rings. The minimum atomic E-state index is 0.619. The Kier molecular flexibility index (Phi) is 3.49. The highest BCUT2D eigenvalue weighted by Crippen LogP contribution is 2.15. The summed E-state index contributed by atoms with van der Waals surface area (Å²) in [5.74, 6) is 0.619. The molecular formula is C8H12BrN3. The number of nitrogens with two attached hydrogens (primary N) is 1. The van der Waals surface area contributed by atoms with E-state index in [0.29, 0.717) is 5.82 Å². The van der Waals surface area contributed by atoms with Crippen LogP contribution in [-0.2, 0) is 6.42 Å². The van der Waals surface area contributed by atoms with Crippen LogP contribution in [-0.4, -0.2) is 18.6 Å². The van der Waals surface area contributed by atoms with Gasteiger partial charge in [0.2, 0.25) is 0 Å². The number of halogens is 1. The molecule has 1 rings (SSSR count). The molecule has 1 aromatic heterocycles. The quantitative estimate of drug-likeness (QED) is 0.819. The summed E-state index contributed by atoms with van der Waals surface area (Å²) in [6.45, 7) is 0.919. The van der Waals surface area contributed by atoms with E-state index < -0.39 is 0 Å². The second-order valence-electron chi connectivity index (χ2n) is 2.55. The van der Waals surface area contributed by atoms with E-state index in [1.165, 1.54) is 0 Å². The number of aromatic nitrogens is 1. The molecule has 0 aliphatic carbocycles. The molecule has 0 spiro atoms. The normalized spacial score (nSPS) is 10.2. The van der Waals surface area contributed by atoms with E-state index in [1.54, 1.807) is 6.20 Å². The fourth-order valence-electron chi connectivity index (χ4n) is 0.952. The van der Waals surface area contributed by atoms with Gasteiger partial charge in [-0.25, -0.2) is 4.98 Å². The molecule has 0 aliphatic heterocycles. The number of nitrogens with zero attached hydrogens (tertiary/aromatic N) is 1. The lowest BCUT2D eigenvalue weighted by molar-refractivity contribution is 0.790. The molecule has 0 saturated heterocycles. The maximum atomic E-state index is 5.67. The van der Waals surface area contributed by atoms with Gasteiger partial charge < -0.3 is 11.1 Å². The highest BCUT2D eigenvalue weighted by molar-refractivity contribution is 9.10. The third-order valence-corrected chi connectivity index (χ3v) is 2.05. The zero-order chi connectivity index (χ0) is 8.97. The van der Waals surface area contributed by atoms with Gasteiger partial charge in [-0.15, -0.1) is 0 Å². The van der Waals surface area contributed by atoms with Gasteiger partial charge in [0.1, 0.15) is 5.82 Å². The van der Waals surface area contributed by atoms with Gasteiger partial charge in [-0.05, 0) is 47.6 Å². The van der Waals surface area contributed by atoms with Gasteiger partial charge in [0.05, 0.1) is 0 Å². The molecular weight excluding hydrogens is 218 g/mol. The van der Waals surface area contributed by atoms with E-state index in [1.807, 2.05) is 13.1 Å². The Bertz CT molecular complexity index is 262. The summed E-state index contributed by atoms with van der Waals surface area (Å²) in [5.41, 5.74) is 6.75. The molecule has 1 aromatic rings. The molecule has 0 radical (unpaired) electrons. The first-order valence-corrected chi connectivity index (χ1v) is 4.58. The number of pyridine rings is 1. The maximum absolute atomic E-state index is 5.67. The van der Waals surface area contributed by atoms with Crippen LogP contribution in [0.15, 0.2) is 16.7 Å². The van der Waals surface area contributed by atoms with E-state index >= 15 is 0 Å². The molecule has 0 unspecified atom stereocenters. The van der Waals surface area contributed by atoms with Crippen molar-refractivity contribution in [2.75, 3.05) is 19.3 Å². The van der Waals surface area contributed by atoms with Crippen LogP contribution in [0.25, 0.3) is 0 Å². The SMILES string of the molecule is CNCCc1cc(Br)cnc1N. The summed E-state index contributed by atoms with van der Waals surface area (Å²) in [4.78, 5) is 4.03. The third-order valence-electron chi connectivity index (χ3n) is 1.61. The highest BCUT2D eigenvalue weighted by Gasteiger charge is 1.99. The number of hydrogen-bond donors (Lipinski definition) is 2. The first kappa shape index (κ1) is 9.48. The van der Waals surface area contributed by atoms with Crippen molar-refractivity contribution in [2.24, 2.45) is 0 Å². The minimum absolute atomic E-state index is 0.619. The van der Waals surface area contributed by atoms with Crippen molar-refractivity contribution in [1.29, 1.82) is 0 Å². The van der Waals surface area contributed by atoms with E-state index in [9.17, 15) is 0 Å². The highest BCUT2D eigenvalue weighted by atomic mass is 79.9. The Labute approximate surface area is 80.5 Å². The third kappa shape index (κ3) is 2.46. The van der Waals surface area contributed by atoms with Gasteiger partial charge in [-0.3, -0.25) is 0 Å². The van der Waals surface area contributed by atoms with Crippen LogP contribution < -0.4 is 11.1 Å². The lowest BCUT2D eigenvalue weighted by Crippen LogP contribution is -2.11. The summed E-state index contributed by atoms with van der Waals surface area (Å²) in [6.07, 6.45) is 2.62. The monoisotopic (exact) mass is 229 g/mol. The van der Waals surface area contributed by atoms with Gasteiger partial charge in [0.15, 0.2) is 0 Å². The van der Waals surface area contributed by atoms with Gasteiger partial charge in [-0.2, -0.15) is 0 Å². The minimum Gasteiger partial charge on any atom is -0.383 e. The van der Waals surface area contributed by atoms with E-state index in [2.05, 4.69) is 26.2 Å². The Morgan fingerprint density at radius 1 is 1.67 bits per heavy atom. The fraction of sp³-hybridized carbons (Fsp3) is 0.375. The van der Waals surface area contributed by atoms with Crippen LogP contribution in [0, 0.1) is 0 Å². The standard InChI is InChI=1S/C8H12BrN3/c1-11-3-2-6-4-7(9)5-12-8(6)10/h4-5,11H,2-3H2,1H3,(H2,10,12). The number of likely N-dealkylation sites (N-methyl/N-ethyl adjacent to an activating group) is 1. The predicted molar refractivity (Wildman–Crippen MR) is 54.0 cm³/mol. The molecule has 66 valence electrons. The average Bonchev–Trinajstić information content (AvgIpc) is 2.07. The van der Waals surface area contributed by atoms with Crippen LogP contribution in [0.2, 0.25) is 0 Å². The molecule has 12 heavy (non-hydrogen) atoms. The Morgan fingerprint density at radius 3 is 3.08 bits per heavy atom. The van der Waals surface area contributed by atoms with Gasteiger partial charge in [0, 0.05) is 10.7 Å². The first-order chi connectivity index (χ1) is 5.74. The second-order valence-corrected chi connectivity index (χ2v) is 3.47. The summed E-state index contributed by atoms with van der Waals surface area (Å²) < 4.78 is 0.975. The van der Waals surface area contributed by atoms with Crippen LogP contribution >= 0.6 is 15.9 Å². The predicted octanol–water partition coefficient (Wildman–Crippen LogP) is 1.19. The van der Waals surface area contributed by atoms with Crippen molar-refractivity contribution < 1.29 is 0 Å². The van der Waals surface area contributed by atoms with Crippen molar-refractivity contribution in [3.8, 4) is 0 Å². The lowest BCUT2D eigenvalue weighted by Gasteiger charge is -2.03. The summed E-state index contributed by atoms with van der Waals surface area (Å²) in [5, 5.41) is 3.06. The topological polar surface area (TPSA) is 50.9 Å². The van der Waals surface area contributed by atoms with E-state index in [0.717, 1.165) is 23.0 Å². The van der Waals surface area contributed by atoms with E-state index in [-0.39, 0.29) is 0 Å². The van der Waals surface area contributed by atoms with Crippen molar-refractivity contribution in [1.82, 2.24) is 10.3 Å². The Morgan fingerprint density at radius 2 is 2.42 bits per heavy atom. The molecule has 3 N–H and O–H groups in total. The molecule has 0 aromatic carbocycles. The molecule has 0 saturated carbocycles. The fourth-order valence-corrected chi connectivity index (χ4v) is 1.33.